The molecular formula is C26H35N3O7. The highest BCUT2D eigenvalue weighted by molar-refractivity contribution is 5.90. The highest BCUT2D eigenvalue weighted by atomic mass is 16.6. The number of nitrogens with one attached hydrogen (secondary N) is 1. The fourth-order valence-corrected chi connectivity index (χ4v) is 4.09. The van der Waals surface area contributed by atoms with E-state index in [1.165, 1.54) is 11.1 Å². The smallest absolute Gasteiger partial charge is 0.408 e. The van der Waals surface area contributed by atoms with E-state index in [1.54, 1.807) is 51.6 Å². The Hall–Kier alpha value is -3.56. The van der Waals surface area contributed by atoms with Crippen molar-refractivity contribution in [3.05, 3.63) is 37.1 Å². The van der Waals surface area contributed by atoms with Crippen LogP contribution in [0.1, 0.15) is 54.4 Å². The van der Waals surface area contributed by atoms with Crippen molar-refractivity contribution in [2.75, 3.05) is 6.54 Å². The summed E-state index contributed by atoms with van der Waals surface area (Å²) in [6.07, 6.45) is 5.46. The maximum absolute atomic E-state index is 13.6. The number of furan rings is 1. The van der Waals surface area contributed by atoms with E-state index < -0.39 is 41.8 Å². The van der Waals surface area contributed by atoms with Gasteiger partial charge in [-0.2, -0.15) is 0 Å². The summed E-state index contributed by atoms with van der Waals surface area (Å²) in [5.41, 5.74) is 0.559. The predicted molar refractivity (Wildman–Crippen MR) is 131 cm³/mol. The van der Waals surface area contributed by atoms with E-state index in [1.807, 2.05) is 20.8 Å². The third-order valence-corrected chi connectivity index (χ3v) is 5.51. The number of hydrogen-bond acceptors (Lipinski definition) is 7. The van der Waals surface area contributed by atoms with Gasteiger partial charge in [-0.1, -0.05) is 20.8 Å². The largest absolute Gasteiger partial charge is 0.487 e. The molecule has 2 aromatic heterocycles. The Morgan fingerprint density at radius 3 is 2.50 bits per heavy atom. The second-order valence-electron chi connectivity index (χ2n) is 11.2. The number of carboxylic acids is 1. The van der Waals surface area contributed by atoms with Gasteiger partial charge in [-0.25, -0.2) is 9.59 Å². The molecule has 3 atom stereocenters. The van der Waals surface area contributed by atoms with Gasteiger partial charge in [0.1, 0.15) is 29.5 Å². The second kappa shape index (κ2) is 10.6. The fourth-order valence-electron chi connectivity index (χ4n) is 4.09. The Bertz CT molecular complexity index is 1070. The van der Waals surface area contributed by atoms with E-state index in [-0.39, 0.29) is 18.4 Å². The van der Waals surface area contributed by atoms with Crippen molar-refractivity contribution in [1.29, 1.82) is 0 Å². The zero-order valence-electron chi connectivity index (χ0n) is 21.6. The van der Waals surface area contributed by atoms with Crippen LogP contribution in [0.2, 0.25) is 0 Å². The van der Waals surface area contributed by atoms with E-state index in [9.17, 15) is 19.5 Å². The number of aromatic nitrogens is 1. The molecule has 1 fully saturated rings. The molecular weight excluding hydrogens is 466 g/mol. The van der Waals surface area contributed by atoms with Gasteiger partial charge >= 0.3 is 12.1 Å². The van der Waals surface area contributed by atoms with E-state index in [2.05, 4.69) is 10.3 Å². The van der Waals surface area contributed by atoms with Crippen LogP contribution < -0.4 is 10.1 Å². The van der Waals surface area contributed by atoms with Crippen molar-refractivity contribution in [3.63, 3.8) is 0 Å². The summed E-state index contributed by atoms with van der Waals surface area (Å²) in [6.45, 7) is 11.1. The van der Waals surface area contributed by atoms with Crippen LogP contribution in [-0.4, -0.2) is 63.3 Å². The number of alkyl carbamates (subject to hydrolysis) is 1. The predicted octanol–water partition coefficient (Wildman–Crippen LogP) is 4.10. The average Bonchev–Trinajstić information content (AvgIpc) is 3.41. The number of hydrogen-bond donors (Lipinski definition) is 2. The van der Waals surface area contributed by atoms with Gasteiger partial charge in [0.05, 0.1) is 25.3 Å². The number of rotatable bonds is 7. The second-order valence-corrected chi connectivity index (χ2v) is 11.2. The van der Waals surface area contributed by atoms with Gasteiger partial charge in [-0.05, 0) is 44.7 Å². The molecule has 0 aromatic carbocycles. The maximum atomic E-state index is 13.6. The maximum Gasteiger partial charge on any atom is 0.408 e. The van der Waals surface area contributed by atoms with Crippen molar-refractivity contribution < 1.29 is 33.4 Å². The number of carbonyl (C=O) groups excluding carboxylic acids is 2. The van der Waals surface area contributed by atoms with Crippen molar-refractivity contribution in [2.45, 2.75) is 78.2 Å². The van der Waals surface area contributed by atoms with Crippen molar-refractivity contribution >= 4 is 18.0 Å². The molecule has 1 saturated heterocycles. The van der Waals surface area contributed by atoms with Crippen LogP contribution in [0.25, 0.3) is 11.1 Å². The number of amides is 2. The van der Waals surface area contributed by atoms with E-state index in [4.69, 9.17) is 13.9 Å². The lowest BCUT2D eigenvalue weighted by atomic mass is 9.87. The van der Waals surface area contributed by atoms with Crippen molar-refractivity contribution in [3.8, 4) is 16.9 Å². The fraction of sp³-hybridized carbons (Fsp3) is 0.538. The van der Waals surface area contributed by atoms with E-state index >= 15 is 0 Å². The third-order valence-electron chi connectivity index (χ3n) is 5.51. The first kappa shape index (κ1) is 27.0. The number of likely N-dealkylation sites (tertiary alicyclic amines) is 1. The van der Waals surface area contributed by atoms with Crippen LogP contribution in [0.5, 0.6) is 5.75 Å². The first-order valence-electron chi connectivity index (χ1n) is 11.9. The minimum Gasteiger partial charge on any atom is -0.487 e. The number of carboxylic acid groups (broad SMARTS) is 1. The summed E-state index contributed by atoms with van der Waals surface area (Å²) in [7, 11) is 0. The van der Waals surface area contributed by atoms with Gasteiger partial charge in [0, 0.05) is 23.7 Å². The summed E-state index contributed by atoms with van der Waals surface area (Å²) in [5, 5.41) is 12.5. The van der Waals surface area contributed by atoms with Gasteiger partial charge in [0.15, 0.2) is 0 Å². The first-order chi connectivity index (χ1) is 16.7. The number of ether oxygens (including phenoxy) is 2. The Morgan fingerprint density at radius 2 is 1.92 bits per heavy atom. The highest BCUT2D eigenvalue weighted by Gasteiger charge is 2.44. The molecule has 196 valence electrons. The number of nitrogens with zero attached hydrogens (tertiary/aromatic N) is 2. The Balaban J connectivity index is 1.77. The Kier molecular flexibility index (Phi) is 7.96. The summed E-state index contributed by atoms with van der Waals surface area (Å²) in [4.78, 5) is 43.6. The summed E-state index contributed by atoms with van der Waals surface area (Å²) in [6, 6.07) is 1.54. The van der Waals surface area contributed by atoms with Crippen LogP contribution in [-0.2, 0) is 14.3 Å². The molecule has 0 bridgehead atoms. The molecule has 1 aliphatic heterocycles. The number of carbonyl (C=O) groups is 3. The van der Waals surface area contributed by atoms with Gasteiger partial charge in [0.2, 0.25) is 5.91 Å². The Morgan fingerprint density at radius 1 is 1.19 bits per heavy atom. The lowest BCUT2D eigenvalue weighted by Gasteiger charge is -2.31. The minimum absolute atomic E-state index is 0.0579. The van der Waals surface area contributed by atoms with Crippen LogP contribution in [0.3, 0.4) is 0 Å². The summed E-state index contributed by atoms with van der Waals surface area (Å²) >= 11 is 0. The van der Waals surface area contributed by atoms with Gasteiger partial charge in [-0.15, -0.1) is 0 Å². The number of aliphatic carboxylic acids is 1. The van der Waals surface area contributed by atoms with Crippen LogP contribution in [0.15, 0.2) is 41.5 Å². The van der Waals surface area contributed by atoms with Crippen molar-refractivity contribution in [2.24, 2.45) is 5.41 Å². The average molecular weight is 502 g/mol. The molecule has 36 heavy (non-hydrogen) atoms. The Labute approximate surface area is 211 Å². The molecule has 0 aliphatic carbocycles. The van der Waals surface area contributed by atoms with Gasteiger partial charge < -0.3 is 29.2 Å². The molecule has 0 radical (unpaired) electrons. The highest BCUT2D eigenvalue weighted by Crippen LogP contribution is 2.29. The minimum atomic E-state index is -1.13. The molecule has 3 heterocycles. The van der Waals surface area contributed by atoms with Gasteiger partial charge in [-0.3, -0.25) is 9.78 Å². The number of pyridine rings is 1. The monoisotopic (exact) mass is 501 g/mol. The molecule has 1 unspecified atom stereocenters. The SMILES string of the molecule is CC(C)(C)CC(NC(=O)OC(C)(C)C)C(=O)N1C[C@H](Oc2cncc(-c3ccoc3)c2)C[C@H]1C(=O)O. The molecule has 2 N–H and O–H groups in total. The van der Waals surface area contributed by atoms with E-state index in [0.29, 0.717) is 12.2 Å². The van der Waals surface area contributed by atoms with Gasteiger partial charge in [0.25, 0.3) is 0 Å². The normalized spacial score (nSPS) is 19.0. The van der Waals surface area contributed by atoms with E-state index in [0.717, 1.165) is 11.1 Å². The quantitative estimate of drug-likeness (QED) is 0.580. The lowest BCUT2D eigenvalue weighted by Crippen LogP contribution is -2.53. The van der Waals surface area contributed by atoms with Crippen molar-refractivity contribution in [1.82, 2.24) is 15.2 Å². The lowest BCUT2D eigenvalue weighted by molar-refractivity contribution is -0.149. The first-order valence-corrected chi connectivity index (χ1v) is 11.9. The zero-order valence-corrected chi connectivity index (χ0v) is 21.6. The molecule has 3 rings (SSSR count). The zero-order chi connectivity index (χ0) is 26.7. The molecule has 0 spiro atoms. The summed E-state index contributed by atoms with van der Waals surface area (Å²) in [5.74, 6) is -1.17. The van der Waals surface area contributed by atoms with Crippen LogP contribution in [0.4, 0.5) is 4.79 Å². The molecule has 0 saturated carbocycles. The molecule has 2 amide bonds. The summed E-state index contributed by atoms with van der Waals surface area (Å²) < 4.78 is 16.5. The molecule has 10 heteroatoms. The molecule has 2 aromatic rings. The third kappa shape index (κ3) is 7.47. The topological polar surface area (TPSA) is 131 Å². The standard InChI is InChI=1S/C26H35N3O7/c1-25(2,3)11-20(28-24(33)36-26(4,5)6)22(30)29-14-19(10-21(29)23(31)32)35-18-9-17(12-27-13-18)16-7-8-34-15-16/h7-9,12-13,15,19-21H,10-11,14H2,1-6H3,(H,28,33)(H,31,32)/t19-,20?,21+/m1/s1. The van der Waals surface area contributed by atoms with Crippen LogP contribution >= 0.6 is 0 Å². The molecule has 10 nitrogen and oxygen atoms in total. The molecule has 1 aliphatic rings. The van der Waals surface area contributed by atoms with Crippen LogP contribution in [0, 0.1) is 5.41 Å².